The Morgan fingerprint density at radius 2 is 1.04 bits per heavy atom. The standard InChI is InChI=1S/C43H27N2PSe/c47-46(32-24-22-28-10-1-2-12-31(28)26-32,33-25-23-30-21-20-29-11-3-4-13-34(29)37(30)27-33)41-19-9-15-36-35-14-5-7-17-39(35)45-40-18-8-6-16-38(40)44-43(45)42(36)41/h1-27H. The van der Waals surface area contributed by atoms with E-state index in [1.54, 1.807) is 0 Å². The van der Waals surface area contributed by atoms with Gasteiger partial charge >= 0.3 is 280 Å². The summed E-state index contributed by atoms with van der Waals surface area (Å²) in [5, 5.41) is 15.2. The van der Waals surface area contributed by atoms with Crippen molar-refractivity contribution in [2.45, 2.75) is 0 Å². The number of imidazole rings is 1. The molecule has 8 aromatic carbocycles. The molecule has 0 fully saturated rings. The summed E-state index contributed by atoms with van der Waals surface area (Å²) in [6, 6.07) is 60.2. The van der Waals surface area contributed by atoms with Crippen molar-refractivity contribution in [3.8, 4) is 0 Å². The first kappa shape index (κ1) is 27.1. The normalized spacial score (nSPS) is 13.4. The van der Waals surface area contributed by atoms with Crippen LogP contribution in [0.25, 0.3) is 70.7 Å². The molecule has 220 valence electrons. The summed E-state index contributed by atoms with van der Waals surface area (Å²) in [6.45, 7) is 0. The maximum absolute atomic E-state index is 5.36. The van der Waals surface area contributed by atoms with Gasteiger partial charge in [0.1, 0.15) is 0 Å². The van der Waals surface area contributed by atoms with E-state index in [0.29, 0.717) is 0 Å². The second kappa shape index (κ2) is 10.2. The molecule has 0 aliphatic heterocycles. The number of para-hydroxylation sites is 3. The van der Waals surface area contributed by atoms with Gasteiger partial charge in [0.05, 0.1) is 0 Å². The van der Waals surface area contributed by atoms with Gasteiger partial charge in [-0.3, -0.25) is 0 Å². The molecule has 0 aliphatic carbocycles. The molecule has 0 amide bonds. The van der Waals surface area contributed by atoms with Gasteiger partial charge in [0.15, 0.2) is 0 Å². The van der Waals surface area contributed by atoms with Gasteiger partial charge in [-0.05, 0) is 0 Å². The van der Waals surface area contributed by atoms with Crippen LogP contribution in [0.4, 0.5) is 0 Å². The molecule has 0 radical (unpaired) electrons. The third-order valence-electron chi connectivity index (χ3n) is 9.79. The number of fused-ring (bicyclic) bond motifs is 12. The van der Waals surface area contributed by atoms with E-state index in [1.807, 2.05) is 0 Å². The minimum atomic E-state index is -2.36. The van der Waals surface area contributed by atoms with Crippen molar-refractivity contribution < 1.29 is 0 Å². The van der Waals surface area contributed by atoms with Crippen molar-refractivity contribution in [3.63, 3.8) is 0 Å². The SMILES string of the molecule is [Se]=P(c1ccc2ccccc2c1)(c1ccc2ccc3ccccc3c2c1)c1cccc2c3ccccc3n3c4ccccc4nc3c12. The van der Waals surface area contributed by atoms with Gasteiger partial charge in [0.25, 0.3) is 0 Å². The van der Waals surface area contributed by atoms with Crippen LogP contribution in [-0.4, -0.2) is 24.5 Å². The van der Waals surface area contributed by atoms with E-state index < -0.39 is 5.51 Å². The number of hydrogen-bond acceptors (Lipinski definition) is 1. The number of hydrogen-bond donors (Lipinski definition) is 0. The Hall–Kier alpha value is -5.04. The van der Waals surface area contributed by atoms with E-state index in [9.17, 15) is 0 Å². The first-order valence-corrected chi connectivity index (χ1v) is 19.9. The summed E-state index contributed by atoms with van der Waals surface area (Å²) in [4.78, 5) is 5.36. The fourth-order valence-electron chi connectivity index (χ4n) is 7.58. The van der Waals surface area contributed by atoms with Crippen LogP contribution in [0.5, 0.6) is 0 Å². The number of nitrogens with zero attached hydrogens (tertiary/aromatic N) is 2. The molecule has 0 spiro atoms. The van der Waals surface area contributed by atoms with E-state index in [1.165, 1.54) is 69.9 Å². The average Bonchev–Trinajstić information content (AvgIpc) is 3.54. The van der Waals surface area contributed by atoms with Crippen LogP contribution in [0.15, 0.2) is 164 Å². The van der Waals surface area contributed by atoms with Gasteiger partial charge in [0.2, 0.25) is 0 Å². The second-order valence-corrected chi connectivity index (χ2v) is 18.5. The first-order valence-electron chi connectivity index (χ1n) is 15.9. The second-order valence-electron chi connectivity index (χ2n) is 12.3. The number of aromatic nitrogens is 2. The fraction of sp³-hybridized carbons (Fsp3) is 0. The molecule has 0 N–H and O–H groups in total. The van der Waals surface area contributed by atoms with Gasteiger partial charge in [-0.2, -0.15) is 0 Å². The van der Waals surface area contributed by atoms with Crippen molar-refractivity contribution in [3.05, 3.63) is 164 Å². The Balaban J connectivity index is 1.40. The van der Waals surface area contributed by atoms with Crippen LogP contribution >= 0.6 is 5.51 Å². The van der Waals surface area contributed by atoms with Gasteiger partial charge in [-0.1, -0.05) is 0 Å². The Kier molecular flexibility index (Phi) is 5.90. The zero-order valence-electron chi connectivity index (χ0n) is 25.3. The van der Waals surface area contributed by atoms with Crippen LogP contribution in [0.1, 0.15) is 0 Å². The van der Waals surface area contributed by atoms with Crippen LogP contribution in [-0.2, 0) is 0 Å². The molecule has 2 heterocycles. The van der Waals surface area contributed by atoms with Crippen LogP contribution < -0.4 is 15.9 Å². The molecule has 4 heteroatoms. The molecular weight excluding hydrogens is 654 g/mol. The number of pyridine rings is 1. The number of benzene rings is 8. The summed E-state index contributed by atoms with van der Waals surface area (Å²) in [7, 11) is 0. The quantitative estimate of drug-likeness (QED) is 0.103. The van der Waals surface area contributed by atoms with Crippen LogP contribution in [0.2, 0.25) is 0 Å². The molecule has 1 unspecified atom stereocenters. The Morgan fingerprint density at radius 1 is 0.447 bits per heavy atom. The van der Waals surface area contributed by atoms with Crippen LogP contribution in [0.3, 0.4) is 0 Å². The maximum atomic E-state index is 5.36. The van der Waals surface area contributed by atoms with Gasteiger partial charge in [-0.25, -0.2) is 0 Å². The van der Waals surface area contributed by atoms with Crippen molar-refractivity contribution in [2.75, 3.05) is 0 Å². The molecule has 47 heavy (non-hydrogen) atoms. The Labute approximate surface area is 279 Å². The number of rotatable bonds is 3. The Morgan fingerprint density at radius 3 is 1.89 bits per heavy atom. The molecule has 10 rings (SSSR count). The fourth-order valence-corrected chi connectivity index (χ4v) is 12.9. The summed E-state index contributed by atoms with van der Waals surface area (Å²) < 4.78 is 2.37. The van der Waals surface area contributed by atoms with E-state index in [2.05, 4.69) is 183 Å². The Bertz CT molecular complexity index is 2960. The van der Waals surface area contributed by atoms with Gasteiger partial charge in [0, 0.05) is 0 Å². The third kappa shape index (κ3) is 3.92. The van der Waals surface area contributed by atoms with E-state index in [4.69, 9.17) is 4.98 Å². The van der Waals surface area contributed by atoms with E-state index in [0.717, 1.165) is 16.7 Å². The molecule has 0 saturated heterocycles. The molecule has 0 bridgehead atoms. The molecule has 0 aliphatic rings. The van der Waals surface area contributed by atoms with Gasteiger partial charge < -0.3 is 0 Å². The third-order valence-corrected chi connectivity index (χ3v) is 16.7. The molecule has 2 aromatic heterocycles. The molecule has 0 saturated carbocycles. The molecular formula is C43H27N2PSe. The van der Waals surface area contributed by atoms with E-state index >= 15 is 0 Å². The van der Waals surface area contributed by atoms with Gasteiger partial charge in [-0.15, -0.1) is 0 Å². The zero-order valence-corrected chi connectivity index (χ0v) is 27.9. The average molecular weight is 682 g/mol. The van der Waals surface area contributed by atoms with Crippen LogP contribution in [0, 0.1) is 0 Å². The monoisotopic (exact) mass is 682 g/mol. The van der Waals surface area contributed by atoms with Crippen molar-refractivity contribution in [1.29, 1.82) is 0 Å². The van der Waals surface area contributed by atoms with E-state index in [-0.39, 0.29) is 0 Å². The van der Waals surface area contributed by atoms with Crippen molar-refractivity contribution >= 4 is 107 Å². The summed E-state index contributed by atoms with van der Waals surface area (Å²) >= 11 is 3.93. The van der Waals surface area contributed by atoms with Crippen molar-refractivity contribution in [1.82, 2.24) is 9.38 Å². The first-order chi connectivity index (χ1) is 23.2. The molecule has 2 nitrogen and oxygen atoms in total. The molecule has 1 atom stereocenters. The summed E-state index contributed by atoms with van der Waals surface area (Å²) in [5.41, 5.74) is 1.95. The zero-order chi connectivity index (χ0) is 31.1. The summed E-state index contributed by atoms with van der Waals surface area (Å²) in [6.07, 6.45) is 0. The molecule has 10 aromatic rings. The topological polar surface area (TPSA) is 17.3 Å². The predicted molar refractivity (Wildman–Crippen MR) is 205 cm³/mol. The summed E-state index contributed by atoms with van der Waals surface area (Å²) in [5.74, 6) is 0. The predicted octanol–water partition coefficient (Wildman–Crippen LogP) is 9.63. The minimum absolute atomic E-state index is 1.00. The van der Waals surface area contributed by atoms with Crippen molar-refractivity contribution in [2.24, 2.45) is 0 Å².